The minimum absolute atomic E-state index is 0.0123. The first kappa shape index (κ1) is 42.1. The van der Waals surface area contributed by atoms with E-state index in [9.17, 15) is 29.7 Å². The molecule has 0 saturated carbocycles. The normalized spacial score (nSPS) is 38.1. The molecule has 11 heteroatoms. The Morgan fingerprint density at radius 2 is 1.80 bits per heavy atom. The van der Waals surface area contributed by atoms with Gasteiger partial charge < -0.3 is 39.4 Å². The third kappa shape index (κ3) is 11.7. The molecule has 2 heterocycles. The summed E-state index contributed by atoms with van der Waals surface area (Å²) in [6.07, 6.45) is 6.52. The average Bonchev–Trinajstić information content (AvgIpc) is 3.04. The number of allylic oxidation sites excluding steroid dienone is 5. The first-order valence-corrected chi connectivity index (χ1v) is 17.2. The number of ether oxygens (including phenoxy) is 4. The number of aliphatic hydroxyl groups is 3. The van der Waals surface area contributed by atoms with E-state index in [0.29, 0.717) is 24.5 Å². The van der Waals surface area contributed by atoms with Crippen LogP contribution in [0.3, 0.4) is 0 Å². The topological polar surface area (TPSA) is 169 Å². The quantitative estimate of drug-likeness (QED) is 0.189. The van der Waals surface area contributed by atoms with Gasteiger partial charge in [0, 0.05) is 54.9 Å². The number of hydrogen-bond acceptors (Lipinski definition) is 10. The molecule has 0 spiro atoms. The number of esters is 2. The van der Waals surface area contributed by atoms with Gasteiger partial charge in [-0.25, -0.2) is 14.4 Å². The van der Waals surface area contributed by atoms with Crippen molar-refractivity contribution in [1.29, 1.82) is 0 Å². The first-order chi connectivity index (χ1) is 22.8. The Labute approximate surface area is 291 Å². The number of hydrogen-bond donors (Lipinski definition) is 4. The fourth-order valence-electron chi connectivity index (χ4n) is 6.79. The van der Waals surface area contributed by atoms with E-state index in [2.05, 4.69) is 0 Å². The van der Waals surface area contributed by atoms with E-state index in [1.165, 1.54) is 7.11 Å². The standard InChI is InChI=1S/C38H58O11/c1-11-29-26(7)31(47-33(41)16-15-32(39)40)20-38(45,49-29)28(9)35(43)27(8)36-30(46-10)14-12-13-21(2)17-23(4)34(42)24(5)18-22(3)19-25(6)37(44)48-36/h12-16,18-19,23-24,26-31,34-36,42-43,45H,11,17,20H2,1-10H3,(H,39,40)/b14-12+,16-15+,21-13+,22-18+,25-19+/t23-,24-,26+,27-,28+,29-,30-,31-,34-,35+,36-,38-/m0/s1. The van der Waals surface area contributed by atoms with E-state index < -0.39 is 72.2 Å². The molecular formula is C38H58O11. The molecule has 0 bridgehead atoms. The molecule has 2 aliphatic heterocycles. The summed E-state index contributed by atoms with van der Waals surface area (Å²) in [5, 5.41) is 43.5. The van der Waals surface area contributed by atoms with Crippen LogP contribution >= 0.6 is 0 Å². The number of carbonyl (C=O) groups is 3. The largest absolute Gasteiger partial charge is 0.478 e. The van der Waals surface area contributed by atoms with Crippen LogP contribution in [-0.2, 0) is 33.3 Å². The van der Waals surface area contributed by atoms with Crippen LogP contribution in [0.25, 0.3) is 0 Å². The molecule has 0 radical (unpaired) electrons. The number of carboxylic acid groups (broad SMARTS) is 1. The zero-order valence-corrected chi connectivity index (χ0v) is 30.7. The zero-order chi connectivity index (χ0) is 37.2. The van der Waals surface area contributed by atoms with E-state index in [0.717, 1.165) is 17.2 Å². The van der Waals surface area contributed by atoms with E-state index in [1.807, 2.05) is 53.7 Å². The van der Waals surface area contributed by atoms with E-state index in [-0.39, 0.29) is 24.2 Å². The highest BCUT2D eigenvalue weighted by Crippen LogP contribution is 2.41. The van der Waals surface area contributed by atoms with E-state index in [1.54, 1.807) is 39.0 Å². The number of carboxylic acids is 1. The predicted octanol–water partition coefficient (Wildman–Crippen LogP) is 5.05. The third-order valence-corrected chi connectivity index (χ3v) is 9.91. The second-order valence-corrected chi connectivity index (χ2v) is 14.0. The van der Waals surface area contributed by atoms with Gasteiger partial charge in [0.2, 0.25) is 0 Å². The molecule has 0 amide bonds. The molecule has 276 valence electrons. The molecule has 12 atom stereocenters. The molecule has 1 fully saturated rings. The van der Waals surface area contributed by atoms with Gasteiger partial charge in [-0.05, 0) is 45.6 Å². The Hall–Kier alpha value is -3.09. The maximum absolute atomic E-state index is 13.5. The fraction of sp³-hybridized carbons (Fsp3) is 0.658. The summed E-state index contributed by atoms with van der Waals surface area (Å²) in [7, 11) is 1.48. The minimum Gasteiger partial charge on any atom is -0.478 e. The lowest BCUT2D eigenvalue weighted by Gasteiger charge is -2.49. The lowest BCUT2D eigenvalue weighted by atomic mass is 9.77. The highest BCUT2D eigenvalue weighted by molar-refractivity contribution is 5.90. The van der Waals surface area contributed by atoms with Crippen LogP contribution in [0.1, 0.15) is 81.6 Å². The summed E-state index contributed by atoms with van der Waals surface area (Å²) in [5.41, 5.74) is 2.15. The molecule has 0 aromatic rings. The Kier molecular flexibility index (Phi) is 16.1. The Morgan fingerprint density at radius 1 is 1.14 bits per heavy atom. The van der Waals surface area contributed by atoms with E-state index >= 15 is 0 Å². The van der Waals surface area contributed by atoms with Crippen molar-refractivity contribution in [1.82, 2.24) is 0 Å². The molecule has 11 nitrogen and oxygen atoms in total. The fourth-order valence-corrected chi connectivity index (χ4v) is 6.79. The maximum Gasteiger partial charge on any atom is 0.334 e. The van der Waals surface area contributed by atoms with Gasteiger partial charge in [-0.3, -0.25) is 0 Å². The van der Waals surface area contributed by atoms with Gasteiger partial charge in [0.1, 0.15) is 18.3 Å². The van der Waals surface area contributed by atoms with Gasteiger partial charge in [0.05, 0.1) is 18.3 Å². The second-order valence-electron chi connectivity index (χ2n) is 14.0. The molecule has 0 aromatic heterocycles. The molecule has 49 heavy (non-hydrogen) atoms. The monoisotopic (exact) mass is 690 g/mol. The predicted molar refractivity (Wildman–Crippen MR) is 185 cm³/mol. The SMILES string of the molecule is CC[C@@H]1O[C@](O)([C@H](C)[C@H](O)[C@H](C)[C@@H]2OC(=O)/C(C)=C/C(C)=C/[C@H](C)[C@@H](O)[C@@H](C)C/C(C)=C/C=C/[C@@H]2OC)C[C@H](OC(=O)/C=C/C(=O)O)[C@@H]1C. The molecule has 2 rings (SSSR count). The molecule has 0 aromatic carbocycles. The first-order valence-electron chi connectivity index (χ1n) is 17.2. The minimum atomic E-state index is -1.95. The number of cyclic esters (lactones) is 1. The van der Waals surface area contributed by atoms with E-state index in [4.69, 9.17) is 24.1 Å². The van der Waals surface area contributed by atoms with Gasteiger partial charge in [0.25, 0.3) is 0 Å². The summed E-state index contributed by atoms with van der Waals surface area (Å²) in [6, 6.07) is 0. The second kappa shape index (κ2) is 18.8. The van der Waals surface area contributed by atoms with Crippen molar-refractivity contribution in [2.45, 2.75) is 124 Å². The molecule has 0 unspecified atom stereocenters. The smallest absolute Gasteiger partial charge is 0.334 e. The number of methoxy groups -OCH3 is 1. The van der Waals surface area contributed by atoms with Crippen molar-refractivity contribution >= 4 is 17.9 Å². The summed E-state index contributed by atoms with van der Waals surface area (Å²) >= 11 is 0. The van der Waals surface area contributed by atoms with Crippen LogP contribution in [0.4, 0.5) is 0 Å². The highest BCUT2D eigenvalue weighted by Gasteiger charge is 2.52. The maximum atomic E-state index is 13.5. The number of aliphatic hydroxyl groups excluding tert-OH is 2. The van der Waals surface area contributed by atoms with Crippen molar-refractivity contribution in [3.63, 3.8) is 0 Å². The average molecular weight is 691 g/mol. The van der Waals surface area contributed by atoms with Crippen molar-refractivity contribution in [3.05, 3.63) is 59.3 Å². The molecule has 1 saturated heterocycles. The number of rotatable bonds is 9. The molecule has 4 N–H and O–H groups in total. The van der Waals surface area contributed by atoms with Crippen molar-refractivity contribution in [2.75, 3.05) is 7.11 Å². The van der Waals surface area contributed by atoms with Crippen LogP contribution in [-0.4, -0.2) is 87.9 Å². The Bertz CT molecular complexity index is 1300. The number of aliphatic carboxylic acids is 1. The Balaban J connectivity index is 2.48. The summed E-state index contributed by atoms with van der Waals surface area (Å²) in [5.74, 6) is -6.97. The zero-order valence-electron chi connectivity index (χ0n) is 30.7. The lowest BCUT2D eigenvalue weighted by molar-refractivity contribution is -0.323. The Morgan fingerprint density at radius 3 is 2.39 bits per heavy atom. The molecular weight excluding hydrogens is 632 g/mol. The van der Waals surface area contributed by atoms with Gasteiger partial charge in [0.15, 0.2) is 5.79 Å². The summed E-state index contributed by atoms with van der Waals surface area (Å²) in [6.45, 7) is 16.4. The van der Waals surface area contributed by atoms with Crippen LogP contribution in [0.2, 0.25) is 0 Å². The van der Waals surface area contributed by atoms with Crippen molar-refractivity contribution < 1.29 is 53.8 Å². The lowest BCUT2D eigenvalue weighted by Crippen LogP contribution is -2.58. The third-order valence-electron chi connectivity index (χ3n) is 9.91. The van der Waals surface area contributed by atoms with Crippen LogP contribution in [0.5, 0.6) is 0 Å². The van der Waals surface area contributed by atoms with Gasteiger partial charge >= 0.3 is 17.9 Å². The summed E-state index contributed by atoms with van der Waals surface area (Å²) < 4.78 is 23.6. The van der Waals surface area contributed by atoms with Gasteiger partial charge in [-0.1, -0.05) is 77.0 Å². The summed E-state index contributed by atoms with van der Waals surface area (Å²) in [4.78, 5) is 36.8. The van der Waals surface area contributed by atoms with Crippen molar-refractivity contribution in [3.8, 4) is 0 Å². The van der Waals surface area contributed by atoms with Gasteiger partial charge in [-0.15, -0.1) is 0 Å². The van der Waals surface area contributed by atoms with Gasteiger partial charge in [-0.2, -0.15) is 0 Å². The van der Waals surface area contributed by atoms with Crippen LogP contribution in [0.15, 0.2) is 59.3 Å². The number of carbonyl (C=O) groups excluding carboxylic acids is 2. The van der Waals surface area contributed by atoms with Crippen LogP contribution < -0.4 is 0 Å². The highest BCUT2D eigenvalue weighted by atomic mass is 16.6. The molecule has 0 aliphatic carbocycles. The van der Waals surface area contributed by atoms with Crippen molar-refractivity contribution in [2.24, 2.45) is 29.6 Å². The molecule has 2 aliphatic rings. The van der Waals surface area contributed by atoms with Crippen LogP contribution in [0, 0.1) is 29.6 Å².